The van der Waals surface area contributed by atoms with E-state index in [0.29, 0.717) is 11.6 Å². The topological polar surface area (TPSA) is 69.6 Å². The highest BCUT2D eigenvalue weighted by Crippen LogP contribution is 2.37. The Hall–Kier alpha value is -1.56. The molecule has 1 heterocycles. The van der Waals surface area contributed by atoms with Gasteiger partial charge in [0.15, 0.2) is 0 Å². The van der Waals surface area contributed by atoms with Gasteiger partial charge in [0.2, 0.25) is 11.2 Å². The summed E-state index contributed by atoms with van der Waals surface area (Å²) in [6.45, 7) is 2.21. The summed E-state index contributed by atoms with van der Waals surface area (Å²) in [5, 5.41) is 10.1. The predicted molar refractivity (Wildman–Crippen MR) is 77.5 cm³/mol. The number of carbonyl (C=O) groups is 1. The van der Waals surface area contributed by atoms with Crippen molar-refractivity contribution in [3.05, 3.63) is 23.3 Å². The van der Waals surface area contributed by atoms with Crippen LogP contribution in [-0.2, 0) is 28.8 Å². The lowest BCUT2D eigenvalue weighted by molar-refractivity contribution is -0.117. The molecule has 3 rings (SSSR count). The van der Waals surface area contributed by atoms with Crippen molar-refractivity contribution in [2.24, 2.45) is 5.92 Å². The van der Waals surface area contributed by atoms with Crippen LogP contribution in [0.15, 0.2) is 12.1 Å². The zero-order chi connectivity index (χ0) is 14.3. The highest BCUT2D eigenvalue weighted by atomic mass is 32.2. The fourth-order valence-electron chi connectivity index (χ4n) is 2.96. The van der Waals surface area contributed by atoms with Crippen molar-refractivity contribution in [1.29, 1.82) is 0 Å². The minimum absolute atomic E-state index is 0.0240. The molecule has 20 heavy (non-hydrogen) atoms. The number of phenols is 1. The Bertz CT molecular complexity index is 588. The molecule has 2 aliphatic rings. The highest BCUT2D eigenvalue weighted by Gasteiger charge is 2.30. The van der Waals surface area contributed by atoms with Crippen LogP contribution >= 0.6 is 0 Å². The van der Waals surface area contributed by atoms with Gasteiger partial charge in [0.25, 0.3) is 5.91 Å². The van der Waals surface area contributed by atoms with Gasteiger partial charge in [-0.15, -0.1) is 0 Å². The van der Waals surface area contributed by atoms with Crippen molar-refractivity contribution in [3.8, 4) is 5.75 Å². The number of nitrogens with zero attached hydrogens (tertiary/aromatic N) is 1. The quantitative estimate of drug-likeness (QED) is 0.867. The van der Waals surface area contributed by atoms with Gasteiger partial charge >= 0.3 is 0 Å². The Kier molecular flexibility index (Phi) is 3.41. The molecular formula is C14H18N2O3S. The monoisotopic (exact) mass is 294 g/mol. The number of nitrogens with one attached hydrogen (secondary N) is 1. The van der Waals surface area contributed by atoms with E-state index in [0.717, 1.165) is 25.7 Å². The second-order valence-corrected chi connectivity index (χ2v) is 6.58. The lowest BCUT2D eigenvalue weighted by atomic mass is 9.82. The lowest BCUT2D eigenvalue weighted by Crippen LogP contribution is -2.23. The third-order valence-electron chi connectivity index (χ3n) is 4.16. The molecule has 6 heteroatoms. The molecule has 1 saturated heterocycles. The number of hydrogen-bond donors (Lipinski definition) is 2. The normalized spacial score (nSPS) is 25.4. The number of aromatic hydroxyl groups is 1. The summed E-state index contributed by atoms with van der Waals surface area (Å²) in [6, 6.07) is 3.65. The zero-order valence-electron chi connectivity index (χ0n) is 11.4. The van der Waals surface area contributed by atoms with E-state index < -0.39 is 11.2 Å². The maximum atomic E-state index is 11.8. The minimum Gasteiger partial charge on any atom is -0.506 e. The van der Waals surface area contributed by atoms with Crippen molar-refractivity contribution in [2.45, 2.75) is 32.6 Å². The molecule has 2 N–H and O–H groups in total. The Balaban J connectivity index is 1.96. The van der Waals surface area contributed by atoms with Crippen LogP contribution in [-0.4, -0.2) is 21.8 Å². The third-order valence-corrected chi connectivity index (χ3v) is 5.29. The molecule has 1 aromatic rings. The maximum Gasteiger partial charge on any atom is 0.253 e. The van der Waals surface area contributed by atoms with Crippen molar-refractivity contribution in [1.82, 2.24) is 4.72 Å². The summed E-state index contributed by atoms with van der Waals surface area (Å²) < 4.78 is 15.6. The molecule has 2 unspecified atom stereocenters. The molecule has 108 valence electrons. The molecule has 0 spiro atoms. The van der Waals surface area contributed by atoms with E-state index in [1.165, 1.54) is 15.4 Å². The average molecular weight is 294 g/mol. The molecule has 0 aromatic heterocycles. The SMILES string of the molecule is CCC1CCc2cc(O)c(N3CC(=O)NS3=O)cc2C1. The first-order valence-corrected chi connectivity index (χ1v) is 8.02. The van der Waals surface area contributed by atoms with Gasteiger partial charge in [-0.05, 0) is 48.4 Å². The molecular weight excluding hydrogens is 276 g/mol. The Labute approximate surface area is 120 Å². The zero-order valence-corrected chi connectivity index (χ0v) is 12.2. The summed E-state index contributed by atoms with van der Waals surface area (Å²) in [6.07, 6.45) is 4.26. The average Bonchev–Trinajstić information content (AvgIpc) is 2.76. The smallest absolute Gasteiger partial charge is 0.253 e. The van der Waals surface area contributed by atoms with Crippen LogP contribution < -0.4 is 9.03 Å². The van der Waals surface area contributed by atoms with Crippen LogP contribution in [0.2, 0.25) is 0 Å². The van der Waals surface area contributed by atoms with Gasteiger partial charge in [-0.25, -0.2) is 4.21 Å². The van der Waals surface area contributed by atoms with Crippen molar-refractivity contribution in [2.75, 3.05) is 10.8 Å². The third kappa shape index (κ3) is 2.28. The number of anilines is 1. The molecule has 1 aromatic carbocycles. The summed E-state index contributed by atoms with van der Waals surface area (Å²) in [5.41, 5.74) is 2.85. The van der Waals surface area contributed by atoms with Crippen molar-refractivity contribution in [3.63, 3.8) is 0 Å². The molecule has 1 fully saturated rings. The first-order valence-electron chi connectivity index (χ1n) is 6.92. The molecule has 2 atom stereocenters. The maximum absolute atomic E-state index is 11.8. The summed E-state index contributed by atoms with van der Waals surface area (Å²) in [7, 11) is 0. The van der Waals surface area contributed by atoms with Gasteiger partial charge in [0.1, 0.15) is 12.3 Å². The number of aryl methyl sites for hydroxylation is 1. The van der Waals surface area contributed by atoms with Gasteiger partial charge in [-0.2, -0.15) is 0 Å². The molecule has 0 saturated carbocycles. The molecule has 1 amide bonds. The standard InChI is InChI=1S/C14H18N2O3S/c1-2-9-3-4-10-7-13(17)12(6-11(10)5-9)16-8-14(18)15-20(16)19/h6-7,9,17H,2-5,8H2,1H3,(H,15,18). The summed E-state index contributed by atoms with van der Waals surface area (Å²) >= 11 is -1.59. The van der Waals surface area contributed by atoms with Crippen LogP contribution in [0.3, 0.4) is 0 Å². The van der Waals surface area contributed by atoms with Crippen LogP contribution in [0.1, 0.15) is 30.9 Å². The van der Waals surface area contributed by atoms with E-state index in [-0.39, 0.29) is 18.2 Å². The van der Waals surface area contributed by atoms with Gasteiger partial charge in [-0.1, -0.05) is 13.3 Å². The second-order valence-electron chi connectivity index (χ2n) is 5.44. The molecule has 0 bridgehead atoms. The Morgan fingerprint density at radius 1 is 1.45 bits per heavy atom. The summed E-state index contributed by atoms with van der Waals surface area (Å²) in [5.74, 6) is 0.485. The van der Waals surface area contributed by atoms with Crippen LogP contribution in [0.5, 0.6) is 5.75 Å². The van der Waals surface area contributed by atoms with Crippen LogP contribution in [0.25, 0.3) is 0 Å². The molecule has 0 radical (unpaired) electrons. The van der Waals surface area contributed by atoms with E-state index in [1.807, 2.05) is 6.07 Å². The van der Waals surface area contributed by atoms with E-state index >= 15 is 0 Å². The Morgan fingerprint density at radius 2 is 2.25 bits per heavy atom. The fourth-order valence-corrected chi connectivity index (χ4v) is 3.88. The number of carbonyl (C=O) groups excluding carboxylic acids is 1. The highest BCUT2D eigenvalue weighted by molar-refractivity contribution is 7.85. The predicted octanol–water partition coefficient (Wildman–Crippen LogP) is 1.42. The number of amides is 1. The Morgan fingerprint density at radius 3 is 2.90 bits per heavy atom. The number of hydrogen-bond acceptors (Lipinski definition) is 3. The molecule has 5 nitrogen and oxygen atoms in total. The van der Waals surface area contributed by atoms with Gasteiger partial charge in [-0.3, -0.25) is 13.8 Å². The first kappa shape index (κ1) is 13.4. The minimum atomic E-state index is -1.59. The fraction of sp³-hybridized carbons (Fsp3) is 0.500. The van der Waals surface area contributed by atoms with Crippen LogP contribution in [0, 0.1) is 5.92 Å². The number of rotatable bonds is 2. The largest absolute Gasteiger partial charge is 0.506 e. The summed E-state index contributed by atoms with van der Waals surface area (Å²) in [4.78, 5) is 11.3. The van der Waals surface area contributed by atoms with Gasteiger partial charge < -0.3 is 5.11 Å². The van der Waals surface area contributed by atoms with E-state index in [1.54, 1.807) is 6.07 Å². The number of fused-ring (bicyclic) bond motifs is 1. The van der Waals surface area contributed by atoms with E-state index in [4.69, 9.17) is 0 Å². The van der Waals surface area contributed by atoms with Crippen molar-refractivity contribution >= 4 is 22.8 Å². The molecule has 1 aliphatic carbocycles. The number of benzene rings is 1. The van der Waals surface area contributed by atoms with E-state index in [2.05, 4.69) is 11.6 Å². The molecule has 1 aliphatic heterocycles. The second kappa shape index (κ2) is 5.09. The lowest BCUT2D eigenvalue weighted by Gasteiger charge is -2.26. The van der Waals surface area contributed by atoms with E-state index in [9.17, 15) is 14.1 Å². The van der Waals surface area contributed by atoms with Gasteiger partial charge in [0, 0.05) is 0 Å². The number of phenolic OH excluding ortho intramolecular Hbond substituents is 1. The van der Waals surface area contributed by atoms with Crippen molar-refractivity contribution < 1.29 is 14.1 Å². The first-order chi connectivity index (χ1) is 9.58. The van der Waals surface area contributed by atoms with Gasteiger partial charge in [0.05, 0.1) is 5.69 Å². The van der Waals surface area contributed by atoms with Crippen LogP contribution in [0.4, 0.5) is 5.69 Å².